The number of aromatic nitrogens is 2. The summed E-state index contributed by atoms with van der Waals surface area (Å²) in [7, 11) is 0. The lowest BCUT2D eigenvalue weighted by atomic mass is 9.67. The molecule has 2 saturated carbocycles. The van der Waals surface area contributed by atoms with Crippen molar-refractivity contribution < 1.29 is 4.52 Å². The van der Waals surface area contributed by atoms with E-state index in [-0.39, 0.29) is 5.54 Å². The van der Waals surface area contributed by atoms with Gasteiger partial charge in [0.1, 0.15) is 0 Å². The molecule has 4 nitrogen and oxygen atoms in total. The first kappa shape index (κ1) is 13.1. The summed E-state index contributed by atoms with van der Waals surface area (Å²) >= 11 is 0. The summed E-state index contributed by atoms with van der Waals surface area (Å²) in [5.74, 6) is 2.80. The van der Waals surface area contributed by atoms with Gasteiger partial charge in [0.2, 0.25) is 5.89 Å². The van der Waals surface area contributed by atoms with Crippen molar-refractivity contribution in [2.45, 2.75) is 70.8 Å². The van der Waals surface area contributed by atoms with Crippen LogP contribution >= 0.6 is 0 Å². The minimum absolute atomic E-state index is 0.363. The van der Waals surface area contributed by atoms with Crippen molar-refractivity contribution in [3.05, 3.63) is 11.7 Å². The monoisotopic (exact) mass is 263 g/mol. The molecule has 0 aliphatic heterocycles. The second kappa shape index (κ2) is 4.30. The third-order valence-corrected chi connectivity index (χ3v) is 4.92. The molecule has 2 aliphatic rings. The van der Waals surface area contributed by atoms with E-state index in [1.165, 1.54) is 12.8 Å². The maximum Gasteiger partial charge on any atom is 0.229 e. The van der Waals surface area contributed by atoms with E-state index in [1.54, 1.807) is 0 Å². The lowest BCUT2D eigenvalue weighted by Gasteiger charge is -2.40. The van der Waals surface area contributed by atoms with E-state index in [2.05, 4.69) is 30.9 Å². The second-order valence-corrected chi connectivity index (χ2v) is 7.53. The fourth-order valence-electron chi connectivity index (χ4n) is 3.16. The molecule has 0 atom stereocenters. The molecule has 3 rings (SSSR count). The van der Waals surface area contributed by atoms with Crippen molar-refractivity contribution in [1.29, 1.82) is 0 Å². The Hall–Kier alpha value is -0.900. The Morgan fingerprint density at radius 3 is 2.32 bits per heavy atom. The Labute approximate surface area is 115 Å². The zero-order valence-electron chi connectivity index (χ0n) is 12.3. The fourth-order valence-corrected chi connectivity index (χ4v) is 3.16. The summed E-state index contributed by atoms with van der Waals surface area (Å²) in [4.78, 5) is 4.55. The van der Waals surface area contributed by atoms with Gasteiger partial charge in [0.25, 0.3) is 0 Å². The topological polar surface area (TPSA) is 64.9 Å². The van der Waals surface area contributed by atoms with Crippen molar-refractivity contribution in [2.24, 2.45) is 17.1 Å². The molecule has 2 N–H and O–H groups in total. The lowest BCUT2D eigenvalue weighted by Crippen LogP contribution is -2.43. The average molecular weight is 263 g/mol. The van der Waals surface area contributed by atoms with Gasteiger partial charge in [-0.25, -0.2) is 0 Å². The molecule has 2 fully saturated rings. The number of rotatable bonds is 2. The van der Waals surface area contributed by atoms with Crippen LogP contribution in [0.25, 0.3) is 0 Å². The molecule has 0 bridgehead atoms. The largest absolute Gasteiger partial charge is 0.339 e. The molecule has 2 aliphatic carbocycles. The molecular weight excluding hydrogens is 238 g/mol. The molecule has 0 aromatic carbocycles. The van der Waals surface area contributed by atoms with Gasteiger partial charge in [-0.2, -0.15) is 4.98 Å². The van der Waals surface area contributed by atoms with Gasteiger partial charge in [0.15, 0.2) is 5.82 Å². The Balaban J connectivity index is 1.70. The Bertz CT molecular complexity index is 448. The molecule has 19 heavy (non-hydrogen) atoms. The van der Waals surface area contributed by atoms with Crippen LogP contribution in [-0.2, 0) is 5.54 Å². The van der Waals surface area contributed by atoms with Crippen LogP contribution < -0.4 is 5.73 Å². The molecular formula is C15H25N3O. The van der Waals surface area contributed by atoms with Gasteiger partial charge in [-0.05, 0) is 49.9 Å². The molecule has 0 saturated heterocycles. The number of nitrogens with two attached hydrogens (primary N) is 1. The van der Waals surface area contributed by atoms with Gasteiger partial charge >= 0.3 is 0 Å². The van der Waals surface area contributed by atoms with Crippen LogP contribution in [0.2, 0.25) is 0 Å². The van der Waals surface area contributed by atoms with Crippen LogP contribution in [0, 0.1) is 11.3 Å². The first-order valence-corrected chi connectivity index (χ1v) is 7.51. The van der Waals surface area contributed by atoms with Gasteiger partial charge < -0.3 is 10.3 Å². The van der Waals surface area contributed by atoms with Crippen molar-refractivity contribution in [3.63, 3.8) is 0 Å². The normalized spacial score (nSPS) is 32.5. The van der Waals surface area contributed by atoms with E-state index >= 15 is 0 Å². The highest BCUT2D eigenvalue weighted by atomic mass is 16.5. The quantitative estimate of drug-likeness (QED) is 0.888. The van der Waals surface area contributed by atoms with E-state index in [9.17, 15) is 0 Å². The second-order valence-electron chi connectivity index (χ2n) is 7.53. The van der Waals surface area contributed by atoms with E-state index in [0.29, 0.717) is 11.3 Å². The van der Waals surface area contributed by atoms with E-state index in [0.717, 1.165) is 43.3 Å². The number of nitrogens with zero attached hydrogens (tertiary/aromatic N) is 2. The molecule has 1 heterocycles. The maximum atomic E-state index is 6.53. The van der Waals surface area contributed by atoms with Crippen molar-refractivity contribution >= 4 is 0 Å². The van der Waals surface area contributed by atoms with Gasteiger partial charge in [0.05, 0.1) is 5.54 Å². The molecule has 4 heteroatoms. The summed E-state index contributed by atoms with van der Waals surface area (Å²) in [6, 6.07) is 0. The third-order valence-electron chi connectivity index (χ3n) is 4.92. The fraction of sp³-hybridized carbons (Fsp3) is 0.867. The summed E-state index contributed by atoms with van der Waals surface area (Å²) in [5, 5.41) is 4.15. The molecule has 0 radical (unpaired) electrons. The SMILES string of the molecule is CC(C)(C)C1CCC(N)(c2noc(C3CC3)n2)CC1. The molecule has 0 unspecified atom stereocenters. The molecule has 0 amide bonds. The minimum atomic E-state index is -0.363. The summed E-state index contributed by atoms with van der Waals surface area (Å²) < 4.78 is 5.36. The first-order valence-electron chi connectivity index (χ1n) is 7.51. The lowest BCUT2D eigenvalue weighted by molar-refractivity contribution is 0.128. The highest BCUT2D eigenvalue weighted by molar-refractivity contribution is 5.10. The van der Waals surface area contributed by atoms with Gasteiger partial charge in [0, 0.05) is 5.92 Å². The third kappa shape index (κ3) is 2.55. The van der Waals surface area contributed by atoms with E-state index < -0.39 is 0 Å². The summed E-state index contributed by atoms with van der Waals surface area (Å²) in [6.07, 6.45) is 6.63. The van der Waals surface area contributed by atoms with Gasteiger partial charge in [-0.15, -0.1) is 0 Å². The average Bonchev–Trinajstić information content (AvgIpc) is 3.06. The van der Waals surface area contributed by atoms with Crippen molar-refractivity contribution in [3.8, 4) is 0 Å². The number of hydrogen-bond donors (Lipinski definition) is 1. The zero-order valence-corrected chi connectivity index (χ0v) is 12.3. The summed E-state index contributed by atoms with van der Waals surface area (Å²) in [5.41, 5.74) is 6.54. The maximum absolute atomic E-state index is 6.53. The summed E-state index contributed by atoms with van der Waals surface area (Å²) in [6.45, 7) is 6.96. The van der Waals surface area contributed by atoms with Crippen LogP contribution in [0.4, 0.5) is 0 Å². The standard InChI is InChI=1S/C15H25N3O/c1-14(2,3)11-6-8-15(16,9-7-11)13-17-12(19-18-13)10-4-5-10/h10-11H,4-9,16H2,1-3H3. The minimum Gasteiger partial charge on any atom is -0.339 e. The number of hydrogen-bond acceptors (Lipinski definition) is 4. The van der Waals surface area contributed by atoms with Gasteiger partial charge in [-0.3, -0.25) is 0 Å². The Kier molecular flexibility index (Phi) is 2.97. The first-order chi connectivity index (χ1) is 8.88. The van der Waals surface area contributed by atoms with E-state index in [1.807, 2.05) is 0 Å². The van der Waals surface area contributed by atoms with Crippen LogP contribution in [0.1, 0.15) is 76.9 Å². The zero-order chi connectivity index (χ0) is 13.7. The molecule has 0 spiro atoms. The molecule has 1 aromatic heterocycles. The van der Waals surface area contributed by atoms with Gasteiger partial charge in [-0.1, -0.05) is 25.9 Å². The highest BCUT2D eigenvalue weighted by Gasteiger charge is 2.41. The molecule has 106 valence electrons. The van der Waals surface area contributed by atoms with Crippen LogP contribution in [0.5, 0.6) is 0 Å². The Morgan fingerprint density at radius 2 is 1.79 bits per heavy atom. The smallest absolute Gasteiger partial charge is 0.229 e. The van der Waals surface area contributed by atoms with Crippen molar-refractivity contribution in [2.75, 3.05) is 0 Å². The highest BCUT2D eigenvalue weighted by Crippen LogP contribution is 2.44. The van der Waals surface area contributed by atoms with Crippen LogP contribution in [-0.4, -0.2) is 10.1 Å². The van der Waals surface area contributed by atoms with E-state index in [4.69, 9.17) is 10.3 Å². The van der Waals surface area contributed by atoms with Crippen LogP contribution in [0.15, 0.2) is 4.52 Å². The Morgan fingerprint density at radius 1 is 1.16 bits per heavy atom. The molecule has 1 aromatic rings. The van der Waals surface area contributed by atoms with Crippen LogP contribution in [0.3, 0.4) is 0 Å². The predicted octanol–water partition coefficient (Wildman–Crippen LogP) is 3.34. The van der Waals surface area contributed by atoms with Crippen molar-refractivity contribution in [1.82, 2.24) is 10.1 Å². The predicted molar refractivity (Wildman–Crippen MR) is 73.6 cm³/mol.